The summed E-state index contributed by atoms with van der Waals surface area (Å²) in [4.78, 5) is 4.62. The Balaban J connectivity index is 1.29. The average Bonchev–Trinajstić information content (AvgIpc) is 3.25. The Morgan fingerprint density at radius 3 is 2.67 bits per heavy atom. The first-order valence-electron chi connectivity index (χ1n) is 11.0. The van der Waals surface area contributed by atoms with E-state index in [0.29, 0.717) is 31.7 Å². The molecular weight excluding hydrogens is 419 g/mol. The largest absolute Gasteiger partial charge is 0.454 e. The first-order valence-corrected chi connectivity index (χ1v) is 11.0. The van der Waals surface area contributed by atoms with Gasteiger partial charge in [0, 0.05) is 32.3 Å². The minimum absolute atomic E-state index is 0.216. The molecule has 0 atom stereocenters. The van der Waals surface area contributed by atoms with E-state index in [1.54, 1.807) is 18.2 Å². The second kappa shape index (κ2) is 11.1. The maximum Gasteiger partial charge on any atom is 0.191 e. The van der Waals surface area contributed by atoms with E-state index < -0.39 is 0 Å². The van der Waals surface area contributed by atoms with Crippen LogP contribution in [-0.4, -0.2) is 40.2 Å². The van der Waals surface area contributed by atoms with Crippen LogP contribution in [0, 0.1) is 5.82 Å². The lowest BCUT2D eigenvalue weighted by atomic mass is 10.1. The highest BCUT2D eigenvalue weighted by Gasteiger charge is 2.07. The minimum atomic E-state index is -0.377. The predicted molar refractivity (Wildman–Crippen MR) is 127 cm³/mol. The highest BCUT2D eigenvalue weighted by atomic mass is 19.1. The second-order valence-corrected chi connectivity index (χ2v) is 7.41. The van der Waals surface area contributed by atoms with Crippen LogP contribution in [0.4, 0.5) is 4.39 Å². The number of fused-ring (bicyclic) bond motifs is 1. The van der Waals surface area contributed by atoms with Crippen LogP contribution in [0.5, 0.6) is 11.5 Å². The van der Waals surface area contributed by atoms with Gasteiger partial charge in [0.1, 0.15) is 11.6 Å². The zero-order valence-corrected chi connectivity index (χ0v) is 18.5. The van der Waals surface area contributed by atoms with Gasteiger partial charge >= 0.3 is 0 Å². The average molecular weight is 447 g/mol. The number of nitrogens with zero attached hydrogens (tertiary/aromatic N) is 4. The molecule has 33 heavy (non-hydrogen) atoms. The van der Waals surface area contributed by atoms with Gasteiger partial charge in [0.15, 0.2) is 23.2 Å². The molecular formula is C25H27FN6O. The second-order valence-electron chi connectivity index (χ2n) is 7.41. The fourth-order valence-electron chi connectivity index (χ4n) is 3.39. The van der Waals surface area contributed by atoms with E-state index in [1.165, 1.54) is 6.07 Å². The highest BCUT2D eigenvalue weighted by molar-refractivity contribution is 5.79. The third-order valence-corrected chi connectivity index (χ3v) is 5.01. The SMILES string of the molecule is CCNC(=NCCc1nnc2ccccn12)NCCc1ccc(Oc2ccccc2)c(F)c1. The lowest BCUT2D eigenvalue weighted by molar-refractivity contribution is 0.441. The summed E-state index contributed by atoms with van der Waals surface area (Å²) in [6, 6.07) is 20.1. The van der Waals surface area contributed by atoms with E-state index in [-0.39, 0.29) is 11.6 Å². The van der Waals surface area contributed by atoms with Crippen LogP contribution in [0.25, 0.3) is 5.65 Å². The van der Waals surface area contributed by atoms with Crippen molar-refractivity contribution in [2.75, 3.05) is 19.6 Å². The quantitative estimate of drug-likeness (QED) is 0.300. The molecule has 0 fully saturated rings. The minimum Gasteiger partial charge on any atom is -0.454 e. The van der Waals surface area contributed by atoms with Crippen LogP contribution in [0.2, 0.25) is 0 Å². The summed E-state index contributed by atoms with van der Waals surface area (Å²) in [5.41, 5.74) is 1.71. The first-order chi connectivity index (χ1) is 16.2. The number of benzene rings is 2. The smallest absolute Gasteiger partial charge is 0.191 e. The van der Waals surface area contributed by atoms with E-state index >= 15 is 0 Å². The van der Waals surface area contributed by atoms with E-state index in [4.69, 9.17) is 4.74 Å². The molecule has 0 bridgehead atoms. The Morgan fingerprint density at radius 1 is 1.00 bits per heavy atom. The zero-order chi connectivity index (χ0) is 22.9. The first kappa shape index (κ1) is 22.3. The van der Waals surface area contributed by atoms with Gasteiger partial charge in [-0.3, -0.25) is 9.39 Å². The number of pyridine rings is 1. The van der Waals surface area contributed by atoms with E-state index in [0.717, 1.165) is 29.5 Å². The summed E-state index contributed by atoms with van der Waals surface area (Å²) >= 11 is 0. The van der Waals surface area contributed by atoms with Crippen molar-refractivity contribution in [1.82, 2.24) is 25.2 Å². The van der Waals surface area contributed by atoms with Crippen LogP contribution in [0.1, 0.15) is 18.3 Å². The van der Waals surface area contributed by atoms with E-state index in [9.17, 15) is 4.39 Å². The number of aliphatic imine (C=N–C) groups is 1. The van der Waals surface area contributed by atoms with Crippen molar-refractivity contribution in [3.8, 4) is 11.5 Å². The number of hydrogen-bond acceptors (Lipinski definition) is 4. The van der Waals surface area contributed by atoms with Crippen molar-refractivity contribution in [2.24, 2.45) is 4.99 Å². The number of hydrogen-bond donors (Lipinski definition) is 2. The van der Waals surface area contributed by atoms with Crippen molar-refractivity contribution >= 4 is 11.6 Å². The van der Waals surface area contributed by atoms with Crippen LogP contribution >= 0.6 is 0 Å². The molecule has 2 N–H and O–H groups in total. The number of aromatic nitrogens is 3. The molecule has 2 aromatic heterocycles. The lowest BCUT2D eigenvalue weighted by Gasteiger charge is -2.12. The Kier molecular flexibility index (Phi) is 7.48. The number of ether oxygens (including phenoxy) is 1. The third kappa shape index (κ3) is 6.06. The van der Waals surface area contributed by atoms with Crippen molar-refractivity contribution in [3.05, 3.63) is 90.1 Å². The number of guanidine groups is 1. The molecule has 4 aromatic rings. The number of rotatable bonds is 9. The molecule has 0 aliphatic heterocycles. The molecule has 7 nitrogen and oxygen atoms in total. The van der Waals surface area contributed by atoms with Gasteiger partial charge in [0.05, 0.1) is 0 Å². The van der Waals surface area contributed by atoms with Crippen molar-refractivity contribution < 1.29 is 9.13 Å². The monoisotopic (exact) mass is 446 g/mol. The van der Waals surface area contributed by atoms with E-state index in [2.05, 4.69) is 25.8 Å². The summed E-state index contributed by atoms with van der Waals surface area (Å²) in [7, 11) is 0. The number of para-hydroxylation sites is 1. The van der Waals surface area contributed by atoms with E-state index in [1.807, 2.05) is 60.0 Å². The molecule has 0 spiro atoms. The molecule has 4 rings (SSSR count). The van der Waals surface area contributed by atoms with Gasteiger partial charge in [-0.25, -0.2) is 4.39 Å². The molecule has 2 aromatic carbocycles. The van der Waals surface area contributed by atoms with Crippen LogP contribution < -0.4 is 15.4 Å². The summed E-state index contributed by atoms with van der Waals surface area (Å²) in [5.74, 6) is 2.04. The van der Waals surface area contributed by atoms with Gasteiger partial charge in [-0.1, -0.05) is 30.3 Å². The molecule has 0 amide bonds. The number of nitrogens with one attached hydrogen (secondary N) is 2. The summed E-state index contributed by atoms with van der Waals surface area (Å²) in [6.07, 6.45) is 3.28. The summed E-state index contributed by atoms with van der Waals surface area (Å²) < 4.78 is 22.0. The fraction of sp³-hybridized carbons (Fsp3) is 0.240. The molecule has 0 unspecified atom stereocenters. The third-order valence-electron chi connectivity index (χ3n) is 5.01. The Bertz CT molecular complexity index is 1210. The molecule has 0 aliphatic carbocycles. The normalized spacial score (nSPS) is 11.5. The molecule has 0 saturated carbocycles. The van der Waals surface area contributed by atoms with Crippen molar-refractivity contribution in [3.63, 3.8) is 0 Å². The van der Waals surface area contributed by atoms with Gasteiger partial charge in [-0.05, 0) is 55.3 Å². The van der Waals surface area contributed by atoms with Gasteiger partial charge in [0.25, 0.3) is 0 Å². The molecule has 2 heterocycles. The van der Waals surface area contributed by atoms with Gasteiger partial charge in [-0.15, -0.1) is 10.2 Å². The van der Waals surface area contributed by atoms with Crippen LogP contribution in [-0.2, 0) is 12.8 Å². The topological polar surface area (TPSA) is 75.8 Å². The predicted octanol–water partition coefficient (Wildman–Crippen LogP) is 4.00. The maximum absolute atomic E-state index is 14.5. The molecule has 8 heteroatoms. The summed E-state index contributed by atoms with van der Waals surface area (Å²) in [6.45, 7) is 3.97. The zero-order valence-electron chi connectivity index (χ0n) is 18.5. The van der Waals surface area contributed by atoms with Crippen molar-refractivity contribution in [1.29, 1.82) is 0 Å². The van der Waals surface area contributed by atoms with Crippen LogP contribution in [0.3, 0.4) is 0 Å². The molecule has 0 saturated heterocycles. The van der Waals surface area contributed by atoms with Gasteiger partial charge in [0.2, 0.25) is 0 Å². The maximum atomic E-state index is 14.5. The molecule has 0 radical (unpaired) electrons. The van der Waals surface area contributed by atoms with Gasteiger partial charge < -0.3 is 15.4 Å². The fourth-order valence-corrected chi connectivity index (χ4v) is 3.39. The van der Waals surface area contributed by atoms with Gasteiger partial charge in [-0.2, -0.15) is 0 Å². The highest BCUT2D eigenvalue weighted by Crippen LogP contribution is 2.25. The molecule has 170 valence electrons. The standard InChI is InChI=1S/C25H27FN6O/c1-2-27-25(29-16-14-24-31-30-23-10-6-7-17-32(23)24)28-15-13-19-11-12-22(21(26)18-19)33-20-8-4-3-5-9-20/h3-12,17-18H,2,13-16H2,1H3,(H2,27,28,29). The van der Waals surface area contributed by atoms with Crippen molar-refractivity contribution in [2.45, 2.75) is 19.8 Å². The molecule has 0 aliphatic rings. The summed E-state index contributed by atoms with van der Waals surface area (Å²) in [5, 5.41) is 14.9. The van der Waals surface area contributed by atoms with Crippen LogP contribution in [0.15, 0.2) is 77.9 Å². The Morgan fingerprint density at radius 2 is 1.85 bits per heavy atom. The Hall–Kier alpha value is -3.94. The Labute approximate surface area is 192 Å². The lowest BCUT2D eigenvalue weighted by Crippen LogP contribution is -2.38. The number of halogens is 1.